The minimum atomic E-state index is -3.89. The Bertz CT molecular complexity index is 1270. The van der Waals surface area contributed by atoms with Gasteiger partial charge in [-0.15, -0.1) is 0 Å². The zero-order chi connectivity index (χ0) is 26.3. The molecule has 0 saturated heterocycles. The first-order valence-electron chi connectivity index (χ1n) is 11.8. The molecule has 0 bridgehead atoms. The van der Waals surface area contributed by atoms with E-state index in [9.17, 15) is 18.0 Å². The molecule has 190 valence electrons. The Kier molecular flexibility index (Phi) is 9.01. The maximum Gasteiger partial charge on any atom is 0.243 e. The lowest BCUT2D eigenvalue weighted by Gasteiger charge is -2.32. The Morgan fingerprint density at radius 2 is 1.39 bits per heavy atom. The van der Waals surface area contributed by atoms with Crippen molar-refractivity contribution in [3.05, 3.63) is 101 Å². The average molecular weight is 508 g/mol. The zero-order valence-corrected chi connectivity index (χ0v) is 22.0. The van der Waals surface area contributed by atoms with E-state index in [0.29, 0.717) is 6.42 Å². The summed E-state index contributed by atoms with van der Waals surface area (Å²) in [6.07, 6.45) is 0.298. The van der Waals surface area contributed by atoms with Crippen molar-refractivity contribution in [3.63, 3.8) is 0 Å². The number of benzene rings is 3. The lowest BCUT2D eigenvalue weighted by molar-refractivity contribution is -0.141. The number of nitrogens with one attached hydrogen (secondary N) is 1. The molecule has 0 aliphatic rings. The second-order valence-corrected chi connectivity index (χ2v) is 10.9. The quantitative estimate of drug-likeness (QED) is 0.456. The Morgan fingerprint density at radius 1 is 0.833 bits per heavy atom. The second-order valence-electron chi connectivity index (χ2n) is 8.90. The standard InChI is InChI=1S/C28H33N3O4S/c1-21-10-14-24(15-11-21)19-31(26(28(33)29-3)18-23-8-6-5-7-9-23)27(32)20-30(4)36(34,35)25-16-12-22(2)13-17-25/h5-17,26H,18-20H2,1-4H3,(H,29,33)/t26-/m0/s1. The van der Waals surface area contributed by atoms with E-state index in [0.717, 1.165) is 26.6 Å². The first-order valence-corrected chi connectivity index (χ1v) is 13.2. The predicted octanol–water partition coefficient (Wildman–Crippen LogP) is 3.31. The van der Waals surface area contributed by atoms with Gasteiger partial charge in [0.2, 0.25) is 21.8 Å². The lowest BCUT2D eigenvalue weighted by Crippen LogP contribution is -2.52. The molecule has 0 heterocycles. The van der Waals surface area contributed by atoms with Crippen LogP contribution in [0.15, 0.2) is 83.8 Å². The molecule has 7 nitrogen and oxygen atoms in total. The number of sulfonamides is 1. The maximum absolute atomic E-state index is 13.6. The van der Waals surface area contributed by atoms with E-state index < -0.39 is 28.5 Å². The third-order valence-electron chi connectivity index (χ3n) is 6.08. The van der Waals surface area contributed by atoms with E-state index in [1.54, 1.807) is 12.1 Å². The van der Waals surface area contributed by atoms with Crippen LogP contribution in [0.5, 0.6) is 0 Å². The van der Waals surface area contributed by atoms with Crippen molar-refractivity contribution in [2.45, 2.75) is 37.8 Å². The van der Waals surface area contributed by atoms with Crippen LogP contribution in [-0.2, 0) is 32.6 Å². The summed E-state index contributed by atoms with van der Waals surface area (Å²) in [5.74, 6) is -0.776. The van der Waals surface area contributed by atoms with E-state index >= 15 is 0 Å². The molecule has 2 amide bonds. The Hall–Kier alpha value is -3.49. The molecule has 0 saturated carbocycles. The molecule has 1 atom stereocenters. The number of carbonyl (C=O) groups is 2. The van der Waals surface area contributed by atoms with Gasteiger partial charge < -0.3 is 10.2 Å². The van der Waals surface area contributed by atoms with E-state index in [4.69, 9.17) is 0 Å². The van der Waals surface area contributed by atoms with Crippen molar-refractivity contribution in [1.29, 1.82) is 0 Å². The van der Waals surface area contributed by atoms with Gasteiger partial charge in [-0.1, -0.05) is 77.9 Å². The molecule has 0 unspecified atom stereocenters. The fourth-order valence-corrected chi connectivity index (χ4v) is 4.99. The highest BCUT2D eigenvalue weighted by Crippen LogP contribution is 2.18. The van der Waals surface area contributed by atoms with E-state index in [1.165, 1.54) is 31.1 Å². The van der Waals surface area contributed by atoms with Crippen LogP contribution in [0.4, 0.5) is 0 Å². The number of carbonyl (C=O) groups excluding carboxylic acids is 2. The first-order chi connectivity index (χ1) is 17.1. The molecule has 3 aromatic rings. The number of rotatable bonds is 10. The lowest BCUT2D eigenvalue weighted by atomic mass is 10.0. The molecule has 0 spiro atoms. The first kappa shape index (κ1) is 27.1. The highest BCUT2D eigenvalue weighted by molar-refractivity contribution is 7.89. The Labute approximate surface area is 213 Å². The van der Waals surface area contributed by atoms with Gasteiger partial charge in [-0.25, -0.2) is 8.42 Å². The van der Waals surface area contributed by atoms with Gasteiger partial charge in [0.1, 0.15) is 6.04 Å². The third kappa shape index (κ3) is 6.80. The highest BCUT2D eigenvalue weighted by Gasteiger charge is 2.32. The van der Waals surface area contributed by atoms with Crippen LogP contribution in [0.1, 0.15) is 22.3 Å². The smallest absolute Gasteiger partial charge is 0.243 e. The summed E-state index contributed by atoms with van der Waals surface area (Å²) in [4.78, 5) is 28.2. The van der Waals surface area contributed by atoms with Gasteiger partial charge in [0, 0.05) is 27.1 Å². The van der Waals surface area contributed by atoms with Crippen molar-refractivity contribution in [2.24, 2.45) is 0 Å². The molecule has 3 aromatic carbocycles. The van der Waals surface area contributed by atoms with Gasteiger partial charge in [0.15, 0.2) is 0 Å². The summed E-state index contributed by atoms with van der Waals surface area (Å²) >= 11 is 0. The van der Waals surface area contributed by atoms with Crippen LogP contribution in [0.25, 0.3) is 0 Å². The number of likely N-dealkylation sites (N-methyl/N-ethyl adjacent to an activating group) is 2. The number of amides is 2. The monoisotopic (exact) mass is 507 g/mol. The summed E-state index contributed by atoms with van der Waals surface area (Å²) in [6.45, 7) is 3.62. The molecular formula is C28H33N3O4S. The number of nitrogens with zero attached hydrogens (tertiary/aromatic N) is 2. The summed E-state index contributed by atoms with van der Waals surface area (Å²) in [6, 6.07) is 22.8. The van der Waals surface area contributed by atoms with E-state index in [-0.39, 0.29) is 17.3 Å². The van der Waals surface area contributed by atoms with Crippen LogP contribution < -0.4 is 5.32 Å². The molecule has 0 radical (unpaired) electrons. The van der Waals surface area contributed by atoms with Gasteiger partial charge in [-0.3, -0.25) is 9.59 Å². The maximum atomic E-state index is 13.6. The minimum absolute atomic E-state index is 0.112. The van der Waals surface area contributed by atoms with Crippen molar-refractivity contribution in [2.75, 3.05) is 20.6 Å². The molecule has 0 aliphatic carbocycles. The van der Waals surface area contributed by atoms with Crippen molar-refractivity contribution < 1.29 is 18.0 Å². The van der Waals surface area contributed by atoms with E-state index in [2.05, 4.69) is 5.32 Å². The topological polar surface area (TPSA) is 86.8 Å². The second kappa shape index (κ2) is 12.0. The molecular weight excluding hydrogens is 474 g/mol. The Morgan fingerprint density at radius 3 is 1.94 bits per heavy atom. The summed E-state index contributed by atoms with van der Waals surface area (Å²) in [5.41, 5.74) is 3.76. The SMILES string of the molecule is CNC(=O)[C@H](Cc1ccccc1)N(Cc1ccc(C)cc1)C(=O)CN(C)S(=O)(=O)c1ccc(C)cc1. The number of hydrogen-bond acceptors (Lipinski definition) is 4. The molecule has 3 rings (SSSR count). The van der Waals surface area contributed by atoms with Gasteiger partial charge >= 0.3 is 0 Å². The Balaban J connectivity index is 1.93. The van der Waals surface area contributed by atoms with E-state index in [1.807, 2.05) is 68.4 Å². The average Bonchev–Trinajstić information content (AvgIpc) is 2.87. The number of aryl methyl sites for hydroxylation is 2. The zero-order valence-electron chi connectivity index (χ0n) is 21.1. The molecule has 0 aliphatic heterocycles. The largest absolute Gasteiger partial charge is 0.357 e. The molecule has 8 heteroatoms. The fraction of sp³-hybridized carbons (Fsp3) is 0.286. The molecule has 1 N–H and O–H groups in total. The molecule has 0 fully saturated rings. The van der Waals surface area contributed by atoms with Crippen LogP contribution in [-0.4, -0.2) is 56.1 Å². The third-order valence-corrected chi connectivity index (χ3v) is 7.90. The van der Waals surface area contributed by atoms with Gasteiger partial charge in [-0.05, 0) is 37.1 Å². The number of hydrogen-bond donors (Lipinski definition) is 1. The van der Waals surface area contributed by atoms with Crippen molar-refractivity contribution in [3.8, 4) is 0 Å². The van der Waals surface area contributed by atoms with Crippen molar-refractivity contribution >= 4 is 21.8 Å². The van der Waals surface area contributed by atoms with Crippen LogP contribution in [0.3, 0.4) is 0 Å². The summed E-state index contributed by atoms with van der Waals surface area (Å²) in [7, 11) is -0.979. The predicted molar refractivity (Wildman–Crippen MR) is 141 cm³/mol. The van der Waals surface area contributed by atoms with Crippen LogP contribution in [0, 0.1) is 13.8 Å². The normalized spacial score (nSPS) is 12.2. The summed E-state index contributed by atoms with van der Waals surface area (Å²) in [5, 5.41) is 2.67. The van der Waals surface area contributed by atoms with Crippen LogP contribution in [0.2, 0.25) is 0 Å². The van der Waals surface area contributed by atoms with Gasteiger partial charge in [0.25, 0.3) is 0 Å². The highest BCUT2D eigenvalue weighted by atomic mass is 32.2. The van der Waals surface area contributed by atoms with Gasteiger partial charge in [0.05, 0.1) is 11.4 Å². The van der Waals surface area contributed by atoms with Crippen molar-refractivity contribution in [1.82, 2.24) is 14.5 Å². The summed E-state index contributed by atoms with van der Waals surface area (Å²) < 4.78 is 27.3. The van der Waals surface area contributed by atoms with Gasteiger partial charge in [-0.2, -0.15) is 4.31 Å². The molecule has 36 heavy (non-hydrogen) atoms. The fourth-order valence-electron chi connectivity index (χ4n) is 3.87. The molecule has 0 aromatic heterocycles. The van der Waals surface area contributed by atoms with Crippen LogP contribution >= 0.6 is 0 Å². The minimum Gasteiger partial charge on any atom is -0.357 e.